The van der Waals surface area contributed by atoms with Crippen LogP contribution in [0.2, 0.25) is 0 Å². The lowest BCUT2D eigenvalue weighted by atomic mass is 10.1. The van der Waals surface area contributed by atoms with E-state index in [4.69, 9.17) is 9.15 Å². The first-order valence-electron chi connectivity index (χ1n) is 7.15. The number of nitrogens with one attached hydrogen (secondary N) is 1. The van der Waals surface area contributed by atoms with Crippen LogP contribution in [0.1, 0.15) is 10.4 Å². The predicted molar refractivity (Wildman–Crippen MR) is 90.1 cm³/mol. The van der Waals surface area contributed by atoms with E-state index >= 15 is 0 Å². The lowest BCUT2D eigenvalue weighted by Crippen LogP contribution is -2.21. The summed E-state index contributed by atoms with van der Waals surface area (Å²) in [6, 6.07) is 10.5. The minimum atomic E-state index is -0.798. The number of benzene rings is 2. The fourth-order valence-electron chi connectivity index (χ4n) is 2.32. The Labute approximate surface area is 140 Å². The van der Waals surface area contributed by atoms with Crippen molar-refractivity contribution in [2.45, 2.75) is 0 Å². The molecule has 3 aromatic rings. The lowest BCUT2D eigenvalue weighted by Gasteiger charge is -2.07. The molecule has 1 aromatic heterocycles. The van der Waals surface area contributed by atoms with Crippen molar-refractivity contribution in [1.82, 2.24) is 0 Å². The second-order valence-corrected chi connectivity index (χ2v) is 5.07. The van der Waals surface area contributed by atoms with Gasteiger partial charge < -0.3 is 14.5 Å². The Bertz CT molecular complexity index is 1040. The normalized spacial score (nSPS) is 10.4. The van der Waals surface area contributed by atoms with Crippen LogP contribution in [-0.2, 0) is 0 Å². The van der Waals surface area contributed by atoms with Crippen molar-refractivity contribution >= 4 is 28.3 Å². The van der Waals surface area contributed by atoms with Gasteiger partial charge in [0.25, 0.3) is 11.6 Å². The maximum Gasteiger partial charge on any atom is 0.296 e. The Hall–Kier alpha value is -3.68. The van der Waals surface area contributed by atoms with Gasteiger partial charge in [0.1, 0.15) is 28.8 Å². The van der Waals surface area contributed by atoms with Gasteiger partial charge in [-0.15, -0.1) is 0 Å². The third kappa shape index (κ3) is 3.05. The smallest absolute Gasteiger partial charge is 0.296 e. The van der Waals surface area contributed by atoms with Gasteiger partial charge in [-0.25, -0.2) is 0 Å². The average Bonchev–Trinajstić information content (AvgIpc) is 2.62. The number of carbonyl (C=O) groups excluding carboxylic acids is 1. The van der Waals surface area contributed by atoms with Gasteiger partial charge in [-0.2, -0.15) is 0 Å². The number of rotatable bonds is 4. The molecule has 2 aromatic carbocycles. The van der Waals surface area contributed by atoms with Crippen LogP contribution >= 0.6 is 0 Å². The molecule has 0 spiro atoms. The highest BCUT2D eigenvalue weighted by Crippen LogP contribution is 2.29. The summed E-state index contributed by atoms with van der Waals surface area (Å²) in [7, 11) is 1.37. The Kier molecular flexibility index (Phi) is 4.17. The molecule has 0 atom stereocenters. The van der Waals surface area contributed by atoms with Gasteiger partial charge in [0.05, 0.1) is 23.5 Å². The topological polar surface area (TPSA) is 112 Å². The molecule has 1 amide bonds. The number of fused-ring (bicyclic) bond motifs is 1. The van der Waals surface area contributed by atoms with Crippen LogP contribution < -0.4 is 15.5 Å². The zero-order chi connectivity index (χ0) is 18.0. The molecule has 0 saturated carbocycles. The van der Waals surface area contributed by atoms with Crippen molar-refractivity contribution in [2.24, 2.45) is 0 Å². The number of amides is 1. The third-order valence-corrected chi connectivity index (χ3v) is 3.57. The summed E-state index contributed by atoms with van der Waals surface area (Å²) in [5.74, 6) is -0.525. The Balaban J connectivity index is 2.00. The first-order chi connectivity index (χ1) is 12.0. The molecule has 126 valence electrons. The van der Waals surface area contributed by atoms with Gasteiger partial charge in [-0.05, 0) is 24.3 Å². The fourth-order valence-corrected chi connectivity index (χ4v) is 2.32. The van der Waals surface area contributed by atoms with E-state index in [0.29, 0.717) is 5.58 Å². The molecule has 1 N–H and O–H groups in total. The summed E-state index contributed by atoms with van der Waals surface area (Å²) in [4.78, 5) is 35.3. The van der Waals surface area contributed by atoms with Gasteiger partial charge in [-0.3, -0.25) is 19.7 Å². The molecular weight excluding hydrogens is 328 g/mol. The Morgan fingerprint density at radius 3 is 2.72 bits per heavy atom. The summed E-state index contributed by atoms with van der Waals surface area (Å²) < 4.78 is 10.2. The molecule has 0 aliphatic rings. The van der Waals surface area contributed by atoms with E-state index in [1.54, 1.807) is 18.2 Å². The quantitative estimate of drug-likeness (QED) is 0.577. The van der Waals surface area contributed by atoms with Crippen LogP contribution in [0.3, 0.4) is 0 Å². The van der Waals surface area contributed by atoms with Gasteiger partial charge in [0.2, 0.25) is 5.43 Å². The van der Waals surface area contributed by atoms with Crippen molar-refractivity contribution in [3.8, 4) is 5.75 Å². The second-order valence-electron chi connectivity index (χ2n) is 5.07. The van der Waals surface area contributed by atoms with Crippen molar-refractivity contribution in [1.29, 1.82) is 0 Å². The molecule has 1 heterocycles. The lowest BCUT2D eigenvalue weighted by molar-refractivity contribution is -0.384. The minimum absolute atomic E-state index is 0.0524. The van der Waals surface area contributed by atoms with Crippen molar-refractivity contribution in [2.75, 3.05) is 12.4 Å². The zero-order valence-corrected chi connectivity index (χ0v) is 13.0. The first kappa shape index (κ1) is 16.2. The van der Waals surface area contributed by atoms with Crippen LogP contribution in [-0.4, -0.2) is 17.9 Å². The number of para-hydroxylation sites is 1. The average molecular weight is 340 g/mol. The Morgan fingerprint density at radius 1 is 1.24 bits per heavy atom. The number of hydrogen-bond donors (Lipinski definition) is 1. The molecule has 0 aliphatic carbocycles. The zero-order valence-electron chi connectivity index (χ0n) is 13.0. The minimum Gasteiger partial charge on any atom is -0.496 e. The van der Waals surface area contributed by atoms with Crippen molar-refractivity contribution in [3.63, 3.8) is 0 Å². The molecule has 0 saturated heterocycles. The maximum absolute atomic E-state index is 12.4. The molecule has 0 unspecified atom stereocenters. The number of methoxy groups -OCH3 is 1. The molecule has 3 rings (SSSR count). The van der Waals surface area contributed by atoms with Gasteiger partial charge in [0, 0.05) is 0 Å². The number of anilines is 1. The predicted octanol–water partition coefficient (Wildman–Crippen LogP) is 2.96. The highest BCUT2D eigenvalue weighted by molar-refractivity contribution is 6.06. The third-order valence-electron chi connectivity index (χ3n) is 3.57. The molecular formula is C17H12N2O6. The largest absolute Gasteiger partial charge is 0.496 e. The highest BCUT2D eigenvalue weighted by atomic mass is 16.6. The van der Waals surface area contributed by atoms with E-state index < -0.39 is 16.3 Å². The number of nitrogens with zero attached hydrogens (tertiary/aromatic N) is 1. The van der Waals surface area contributed by atoms with E-state index in [9.17, 15) is 19.7 Å². The fraction of sp³-hybridized carbons (Fsp3) is 0.0588. The van der Waals surface area contributed by atoms with E-state index in [0.717, 1.165) is 6.26 Å². The summed E-state index contributed by atoms with van der Waals surface area (Å²) >= 11 is 0. The summed E-state index contributed by atoms with van der Waals surface area (Å²) in [6.07, 6.45) is 1.04. The molecule has 0 radical (unpaired) electrons. The summed E-state index contributed by atoms with van der Waals surface area (Å²) in [5, 5.41) is 13.8. The number of ether oxygens (including phenoxy) is 1. The highest BCUT2D eigenvalue weighted by Gasteiger charge is 2.20. The van der Waals surface area contributed by atoms with Crippen molar-refractivity contribution in [3.05, 3.63) is 74.6 Å². The molecule has 25 heavy (non-hydrogen) atoms. The standard InChI is InChI=1S/C17H12N2O6/c1-24-10-6-7-13(14(8-10)19(22)23)18-17(21)12-9-25-15-5-3-2-4-11(15)16(12)20/h2-9H,1H3,(H,18,21). The molecule has 0 fully saturated rings. The van der Waals surface area contributed by atoms with Crippen LogP contribution in [0.5, 0.6) is 5.75 Å². The van der Waals surface area contributed by atoms with E-state index in [-0.39, 0.29) is 28.1 Å². The number of nitro benzene ring substituents is 1. The molecule has 0 aliphatic heterocycles. The number of carbonyl (C=O) groups is 1. The SMILES string of the molecule is COc1ccc(NC(=O)c2coc3ccccc3c2=O)c([N+](=O)[O-])c1. The van der Waals surface area contributed by atoms with Gasteiger partial charge >= 0.3 is 0 Å². The first-order valence-corrected chi connectivity index (χ1v) is 7.15. The van der Waals surface area contributed by atoms with Crippen LogP contribution in [0.4, 0.5) is 11.4 Å². The van der Waals surface area contributed by atoms with E-state index in [1.807, 2.05) is 0 Å². The molecule has 8 heteroatoms. The second kappa shape index (κ2) is 6.44. The van der Waals surface area contributed by atoms with Crippen molar-refractivity contribution < 1.29 is 18.9 Å². The van der Waals surface area contributed by atoms with Gasteiger partial charge in [-0.1, -0.05) is 12.1 Å². The van der Waals surface area contributed by atoms with E-state index in [1.165, 1.54) is 31.4 Å². The van der Waals surface area contributed by atoms with Crippen LogP contribution in [0.25, 0.3) is 11.0 Å². The summed E-state index contributed by atoms with van der Waals surface area (Å²) in [6.45, 7) is 0. The molecule has 0 bridgehead atoms. The van der Waals surface area contributed by atoms with Crippen LogP contribution in [0.15, 0.2) is 57.9 Å². The van der Waals surface area contributed by atoms with Crippen LogP contribution in [0, 0.1) is 10.1 Å². The molecule has 8 nitrogen and oxygen atoms in total. The Morgan fingerprint density at radius 2 is 2.00 bits per heavy atom. The number of hydrogen-bond acceptors (Lipinski definition) is 6. The monoisotopic (exact) mass is 340 g/mol. The number of nitro groups is 1. The van der Waals surface area contributed by atoms with E-state index in [2.05, 4.69) is 5.32 Å². The maximum atomic E-state index is 12.4. The summed E-state index contributed by atoms with van der Waals surface area (Å²) in [5.41, 5.74) is -0.819. The van der Waals surface area contributed by atoms with Gasteiger partial charge in [0.15, 0.2) is 0 Å².